The number of nitrogens with zero attached hydrogens (tertiary/aromatic N) is 4. The van der Waals surface area contributed by atoms with E-state index >= 15 is 0 Å². The minimum Gasteiger partial charge on any atom is -0.462 e. The van der Waals surface area contributed by atoms with Gasteiger partial charge in [0.15, 0.2) is 5.54 Å². The Kier molecular flexibility index (Phi) is 2.96. The molecule has 0 amide bonds. The molecule has 1 spiro atoms. The van der Waals surface area contributed by atoms with Gasteiger partial charge in [0.25, 0.3) is 6.02 Å². The van der Waals surface area contributed by atoms with Gasteiger partial charge in [0.05, 0.1) is 5.56 Å². The third-order valence-electron chi connectivity index (χ3n) is 4.53. The van der Waals surface area contributed by atoms with Crippen LogP contribution in [-0.4, -0.2) is 27.6 Å². The van der Waals surface area contributed by atoms with Gasteiger partial charge >= 0.3 is 0 Å². The Morgan fingerprint density at radius 3 is 2.73 bits per heavy atom. The van der Waals surface area contributed by atoms with Gasteiger partial charge in [-0.3, -0.25) is 0 Å². The van der Waals surface area contributed by atoms with Gasteiger partial charge in [-0.15, -0.1) is 0 Å². The number of hydrogen-bond donors (Lipinski definition) is 1. The van der Waals surface area contributed by atoms with E-state index in [9.17, 15) is 4.39 Å². The van der Waals surface area contributed by atoms with Crippen molar-refractivity contribution in [3.8, 4) is 22.8 Å². The van der Waals surface area contributed by atoms with Crippen LogP contribution < -0.4 is 10.5 Å². The van der Waals surface area contributed by atoms with Gasteiger partial charge in [-0.2, -0.15) is 0 Å². The largest absolute Gasteiger partial charge is 0.462 e. The summed E-state index contributed by atoms with van der Waals surface area (Å²) in [6, 6.07) is 6.81. The number of hydrogen-bond acceptors (Lipinski definition) is 7. The molecule has 2 aromatic heterocycles. The molecule has 0 fully saturated rings. The summed E-state index contributed by atoms with van der Waals surface area (Å²) in [4.78, 5) is 16.7. The number of ether oxygens (including phenoxy) is 2. The maximum atomic E-state index is 14.7. The highest BCUT2D eigenvalue weighted by molar-refractivity contribution is 5.77. The lowest BCUT2D eigenvalue weighted by Crippen LogP contribution is -2.32. The average Bonchev–Trinajstić information content (AvgIpc) is 3.04. The fraction of sp³-hybridized carbons (Fsp3) is 0.111. The van der Waals surface area contributed by atoms with E-state index in [1.807, 2.05) is 12.1 Å². The number of rotatable bonds is 1. The fourth-order valence-corrected chi connectivity index (χ4v) is 3.38. The minimum absolute atomic E-state index is 0.000463. The van der Waals surface area contributed by atoms with E-state index in [1.54, 1.807) is 18.5 Å². The number of aromatic nitrogens is 3. The van der Waals surface area contributed by atoms with E-state index in [-0.39, 0.29) is 24.1 Å². The van der Waals surface area contributed by atoms with Gasteiger partial charge in [-0.25, -0.2) is 24.3 Å². The van der Waals surface area contributed by atoms with Gasteiger partial charge in [-0.05, 0) is 23.8 Å². The van der Waals surface area contributed by atoms with Crippen LogP contribution in [0.5, 0.6) is 11.6 Å². The summed E-state index contributed by atoms with van der Waals surface area (Å²) in [7, 11) is 0. The predicted molar refractivity (Wildman–Crippen MR) is 90.1 cm³/mol. The first-order valence-corrected chi connectivity index (χ1v) is 7.88. The van der Waals surface area contributed by atoms with Gasteiger partial charge in [0, 0.05) is 29.7 Å². The fourth-order valence-electron chi connectivity index (χ4n) is 3.38. The SMILES string of the molecule is NC1=NC2(CO1)c1cc(-c3cncnc3)ccc1Oc1nccc(F)c12. The van der Waals surface area contributed by atoms with Crippen LogP contribution in [0.15, 0.2) is 54.2 Å². The maximum Gasteiger partial charge on any atom is 0.283 e. The second kappa shape index (κ2) is 5.22. The van der Waals surface area contributed by atoms with Crippen molar-refractivity contribution in [3.05, 3.63) is 66.1 Å². The smallest absolute Gasteiger partial charge is 0.283 e. The van der Waals surface area contributed by atoms with Crippen molar-refractivity contribution in [2.75, 3.05) is 6.61 Å². The van der Waals surface area contributed by atoms with Crippen LogP contribution in [0.25, 0.3) is 11.1 Å². The Hall–Kier alpha value is -3.55. The van der Waals surface area contributed by atoms with Gasteiger partial charge in [0.2, 0.25) is 5.88 Å². The topological polar surface area (TPSA) is 95.5 Å². The molecule has 26 heavy (non-hydrogen) atoms. The van der Waals surface area contributed by atoms with Crippen molar-refractivity contribution >= 4 is 6.02 Å². The number of nitrogens with two attached hydrogens (primary N) is 1. The highest BCUT2D eigenvalue weighted by Gasteiger charge is 2.49. The van der Waals surface area contributed by atoms with Crippen molar-refractivity contribution in [1.82, 2.24) is 15.0 Å². The first-order valence-electron chi connectivity index (χ1n) is 7.88. The molecule has 4 heterocycles. The number of amidine groups is 1. The van der Waals surface area contributed by atoms with Crippen LogP contribution >= 0.6 is 0 Å². The molecule has 0 bridgehead atoms. The van der Waals surface area contributed by atoms with Crippen LogP contribution in [0.2, 0.25) is 0 Å². The van der Waals surface area contributed by atoms with Crippen LogP contribution in [-0.2, 0) is 10.3 Å². The molecular formula is C18H12FN5O2. The molecular weight excluding hydrogens is 337 g/mol. The molecule has 128 valence electrons. The van der Waals surface area contributed by atoms with Crippen LogP contribution in [0, 0.1) is 5.82 Å². The molecule has 0 radical (unpaired) electrons. The number of benzene rings is 1. The van der Waals surface area contributed by atoms with Gasteiger partial charge < -0.3 is 15.2 Å². The quantitative estimate of drug-likeness (QED) is 0.725. The van der Waals surface area contributed by atoms with E-state index in [0.29, 0.717) is 11.3 Å². The van der Waals surface area contributed by atoms with Crippen molar-refractivity contribution in [2.45, 2.75) is 5.54 Å². The lowest BCUT2D eigenvalue weighted by Gasteiger charge is -2.32. The number of fused-ring (bicyclic) bond motifs is 4. The maximum absolute atomic E-state index is 14.7. The Labute approximate surface area is 147 Å². The summed E-state index contributed by atoms with van der Waals surface area (Å²) in [5, 5.41) is 0. The summed E-state index contributed by atoms with van der Waals surface area (Å²) in [6.45, 7) is 0.0690. The average molecular weight is 349 g/mol. The lowest BCUT2D eigenvalue weighted by molar-refractivity contribution is 0.257. The molecule has 1 unspecified atom stereocenters. The normalized spacial score (nSPS) is 20.0. The standard InChI is InChI=1S/C18H12FN5O2/c19-13-3-4-23-16-15(13)18(8-25-17(20)24-18)12-5-10(1-2-14(12)26-16)11-6-21-9-22-7-11/h1-7,9H,8H2,(H2,20,24). The Morgan fingerprint density at radius 1 is 1.12 bits per heavy atom. The molecule has 7 nitrogen and oxygen atoms in total. The minimum atomic E-state index is -1.14. The molecule has 3 aromatic rings. The number of halogens is 1. The summed E-state index contributed by atoms with van der Waals surface area (Å²) in [6.07, 6.45) is 6.21. The molecule has 2 aliphatic rings. The first kappa shape index (κ1) is 14.8. The van der Waals surface area contributed by atoms with Gasteiger partial charge in [0.1, 0.15) is 24.5 Å². The van der Waals surface area contributed by atoms with E-state index < -0.39 is 11.4 Å². The zero-order chi connectivity index (χ0) is 17.7. The molecule has 0 saturated carbocycles. The highest BCUT2D eigenvalue weighted by Crippen LogP contribution is 2.51. The Balaban J connectivity index is 1.78. The molecule has 5 rings (SSSR count). The van der Waals surface area contributed by atoms with Crippen molar-refractivity contribution in [3.63, 3.8) is 0 Å². The summed E-state index contributed by atoms with van der Waals surface area (Å²) < 4.78 is 25.9. The highest BCUT2D eigenvalue weighted by atomic mass is 19.1. The third-order valence-corrected chi connectivity index (χ3v) is 4.53. The Bertz CT molecular complexity index is 1060. The van der Waals surface area contributed by atoms with Crippen molar-refractivity contribution in [2.24, 2.45) is 10.7 Å². The molecule has 2 N–H and O–H groups in total. The van der Waals surface area contributed by atoms with E-state index in [1.165, 1.54) is 18.6 Å². The second-order valence-corrected chi connectivity index (χ2v) is 6.01. The van der Waals surface area contributed by atoms with E-state index in [4.69, 9.17) is 15.2 Å². The number of aliphatic imine (C=N–C) groups is 1. The van der Waals surface area contributed by atoms with Crippen LogP contribution in [0.4, 0.5) is 4.39 Å². The summed E-state index contributed by atoms with van der Waals surface area (Å²) in [5.41, 5.74) is 7.17. The molecule has 1 aromatic carbocycles. The zero-order valence-corrected chi connectivity index (χ0v) is 13.4. The van der Waals surface area contributed by atoms with Gasteiger partial charge in [-0.1, -0.05) is 6.07 Å². The molecule has 0 aliphatic carbocycles. The summed E-state index contributed by atoms with van der Waals surface area (Å²) >= 11 is 0. The molecule has 1 atom stereocenters. The van der Waals surface area contributed by atoms with Crippen molar-refractivity contribution < 1.29 is 13.9 Å². The number of pyridine rings is 1. The zero-order valence-electron chi connectivity index (χ0n) is 13.4. The summed E-state index contributed by atoms with van der Waals surface area (Å²) in [5.74, 6) is 0.213. The molecule has 2 aliphatic heterocycles. The van der Waals surface area contributed by atoms with E-state index in [0.717, 1.165) is 11.1 Å². The second-order valence-electron chi connectivity index (χ2n) is 6.01. The predicted octanol–water partition coefficient (Wildman–Crippen LogP) is 2.37. The third kappa shape index (κ3) is 1.98. The van der Waals surface area contributed by atoms with E-state index in [2.05, 4.69) is 19.9 Å². The van der Waals surface area contributed by atoms with Crippen LogP contribution in [0.1, 0.15) is 11.1 Å². The van der Waals surface area contributed by atoms with Crippen LogP contribution in [0.3, 0.4) is 0 Å². The molecule has 0 saturated heterocycles. The first-order chi connectivity index (χ1) is 12.7. The van der Waals surface area contributed by atoms with Crippen molar-refractivity contribution in [1.29, 1.82) is 0 Å². The monoisotopic (exact) mass is 349 g/mol. The Morgan fingerprint density at radius 2 is 1.96 bits per heavy atom. The lowest BCUT2D eigenvalue weighted by atomic mass is 9.81. The molecule has 8 heteroatoms.